The number of nitrogens with one attached hydrogen (secondary N) is 1. The number of rotatable bonds is 8. The van der Waals surface area contributed by atoms with Gasteiger partial charge in [0.25, 0.3) is 5.91 Å². The van der Waals surface area contributed by atoms with Crippen molar-refractivity contribution in [3.63, 3.8) is 0 Å². The van der Waals surface area contributed by atoms with Crippen LogP contribution < -0.4 is 14.8 Å². The lowest BCUT2D eigenvalue weighted by Crippen LogP contribution is -2.30. The SMILES string of the molecule is N#CC(=Cc1ccc2c(c1)OCO2)C(=O)OCC(=O)NCCCc1ccccc1. The number of carbonyl (C=O) groups excluding carboxylic acids is 2. The van der Waals surface area contributed by atoms with Crippen LogP contribution >= 0.6 is 0 Å². The molecule has 7 nitrogen and oxygen atoms in total. The van der Waals surface area contributed by atoms with E-state index in [2.05, 4.69) is 5.32 Å². The summed E-state index contributed by atoms with van der Waals surface area (Å²) < 4.78 is 15.4. The van der Waals surface area contributed by atoms with E-state index in [1.165, 1.54) is 11.6 Å². The summed E-state index contributed by atoms with van der Waals surface area (Å²) >= 11 is 0. The fraction of sp³-hybridized carbons (Fsp3) is 0.227. The number of esters is 1. The monoisotopic (exact) mass is 392 g/mol. The molecule has 7 heteroatoms. The summed E-state index contributed by atoms with van der Waals surface area (Å²) in [5, 5.41) is 11.9. The summed E-state index contributed by atoms with van der Waals surface area (Å²) in [6, 6.07) is 16.8. The van der Waals surface area contributed by atoms with Crippen LogP contribution in [-0.4, -0.2) is 31.8 Å². The first-order valence-corrected chi connectivity index (χ1v) is 9.15. The van der Waals surface area contributed by atoms with E-state index in [9.17, 15) is 14.9 Å². The highest BCUT2D eigenvalue weighted by atomic mass is 16.7. The summed E-state index contributed by atoms with van der Waals surface area (Å²) in [6.45, 7) is 0.170. The fourth-order valence-corrected chi connectivity index (χ4v) is 2.73. The second kappa shape index (κ2) is 9.95. The summed E-state index contributed by atoms with van der Waals surface area (Å²) in [5.74, 6) is -0.122. The maximum atomic E-state index is 12.1. The third-order valence-corrected chi connectivity index (χ3v) is 4.19. The number of nitrogens with zero attached hydrogens (tertiary/aromatic N) is 1. The minimum absolute atomic E-state index is 0.135. The molecule has 1 aliphatic heterocycles. The second-order valence-electron chi connectivity index (χ2n) is 6.30. The lowest BCUT2D eigenvalue weighted by molar-refractivity contribution is -0.144. The van der Waals surface area contributed by atoms with Gasteiger partial charge in [0.2, 0.25) is 6.79 Å². The molecule has 0 aliphatic carbocycles. The Morgan fingerprint density at radius 3 is 2.72 bits per heavy atom. The Labute approximate surface area is 168 Å². The molecular formula is C22H20N2O5. The first kappa shape index (κ1) is 20.0. The molecule has 3 rings (SSSR count). The van der Waals surface area contributed by atoms with Crippen LogP contribution in [0.4, 0.5) is 0 Å². The largest absolute Gasteiger partial charge is 0.454 e. The van der Waals surface area contributed by atoms with Crippen molar-refractivity contribution in [1.29, 1.82) is 5.26 Å². The summed E-state index contributed by atoms with van der Waals surface area (Å²) in [6.07, 6.45) is 3.00. The van der Waals surface area contributed by atoms with E-state index in [0.29, 0.717) is 23.6 Å². The van der Waals surface area contributed by atoms with Crippen molar-refractivity contribution >= 4 is 18.0 Å². The predicted octanol–water partition coefficient (Wildman–Crippen LogP) is 2.61. The molecule has 0 atom stereocenters. The van der Waals surface area contributed by atoms with E-state index in [4.69, 9.17) is 14.2 Å². The number of aryl methyl sites for hydroxylation is 1. The zero-order valence-electron chi connectivity index (χ0n) is 15.7. The fourth-order valence-electron chi connectivity index (χ4n) is 2.73. The van der Waals surface area contributed by atoms with Crippen molar-refractivity contribution in [2.75, 3.05) is 19.9 Å². The Kier molecular flexibility index (Phi) is 6.85. The van der Waals surface area contributed by atoms with Gasteiger partial charge in [0, 0.05) is 6.54 Å². The highest BCUT2D eigenvalue weighted by Crippen LogP contribution is 2.33. The molecule has 0 saturated heterocycles. The molecule has 2 aromatic rings. The molecule has 1 N–H and O–H groups in total. The maximum absolute atomic E-state index is 12.1. The molecule has 148 valence electrons. The van der Waals surface area contributed by atoms with Gasteiger partial charge in [-0.15, -0.1) is 0 Å². The number of ether oxygens (including phenoxy) is 3. The third kappa shape index (κ3) is 5.84. The van der Waals surface area contributed by atoms with Crippen LogP contribution in [0.25, 0.3) is 6.08 Å². The van der Waals surface area contributed by atoms with Crippen molar-refractivity contribution in [1.82, 2.24) is 5.32 Å². The van der Waals surface area contributed by atoms with Gasteiger partial charge >= 0.3 is 5.97 Å². The van der Waals surface area contributed by atoms with Gasteiger partial charge in [-0.05, 0) is 42.2 Å². The van der Waals surface area contributed by atoms with Crippen LogP contribution in [0.5, 0.6) is 11.5 Å². The molecule has 0 fully saturated rings. The van der Waals surface area contributed by atoms with Crippen LogP contribution in [0.2, 0.25) is 0 Å². The first-order valence-electron chi connectivity index (χ1n) is 9.15. The minimum atomic E-state index is -0.857. The average Bonchev–Trinajstić information content (AvgIpc) is 3.22. The van der Waals surface area contributed by atoms with Crippen molar-refractivity contribution in [3.8, 4) is 17.6 Å². The van der Waals surface area contributed by atoms with Gasteiger partial charge in [-0.3, -0.25) is 4.79 Å². The highest BCUT2D eigenvalue weighted by molar-refractivity contribution is 5.98. The van der Waals surface area contributed by atoms with E-state index in [-0.39, 0.29) is 12.4 Å². The normalized spacial score (nSPS) is 12.2. The average molecular weight is 392 g/mol. The van der Waals surface area contributed by atoms with Gasteiger partial charge in [-0.2, -0.15) is 5.26 Å². The van der Waals surface area contributed by atoms with Gasteiger partial charge in [-0.1, -0.05) is 36.4 Å². The number of hydrogen-bond donors (Lipinski definition) is 1. The molecule has 29 heavy (non-hydrogen) atoms. The molecule has 0 radical (unpaired) electrons. The van der Waals surface area contributed by atoms with E-state index < -0.39 is 18.5 Å². The lowest BCUT2D eigenvalue weighted by Gasteiger charge is -2.06. The van der Waals surface area contributed by atoms with Crippen LogP contribution in [0.3, 0.4) is 0 Å². The molecule has 0 saturated carbocycles. The van der Waals surface area contributed by atoms with E-state index in [0.717, 1.165) is 12.8 Å². The van der Waals surface area contributed by atoms with Gasteiger partial charge in [0.05, 0.1) is 0 Å². The standard InChI is InChI=1S/C22H20N2O5/c23-13-18(11-17-8-9-19-20(12-17)29-15-28-19)22(26)27-14-21(25)24-10-4-7-16-5-2-1-3-6-16/h1-3,5-6,8-9,11-12H,4,7,10,14-15H2,(H,24,25). The molecule has 2 aromatic carbocycles. The summed E-state index contributed by atoms with van der Waals surface area (Å²) in [4.78, 5) is 23.9. The number of fused-ring (bicyclic) bond motifs is 1. The Morgan fingerprint density at radius 2 is 1.93 bits per heavy atom. The molecule has 0 unspecified atom stereocenters. The molecular weight excluding hydrogens is 372 g/mol. The van der Waals surface area contributed by atoms with E-state index in [1.807, 2.05) is 30.3 Å². The number of hydrogen-bond acceptors (Lipinski definition) is 6. The van der Waals surface area contributed by atoms with Crippen molar-refractivity contribution in [2.24, 2.45) is 0 Å². The Hall–Kier alpha value is -3.79. The smallest absolute Gasteiger partial charge is 0.349 e. The maximum Gasteiger partial charge on any atom is 0.349 e. The zero-order valence-corrected chi connectivity index (χ0v) is 15.7. The van der Waals surface area contributed by atoms with E-state index in [1.54, 1.807) is 24.3 Å². The Morgan fingerprint density at radius 1 is 1.14 bits per heavy atom. The van der Waals surface area contributed by atoms with Crippen molar-refractivity contribution < 1.29 is 23.8 Å². The van der Waals surface area contributed by atoms with Gasteiger partial charge in [-0.25, -0.2) is 4.79 Å². The number of nitriles is 1. The van der Waals surface area contributed by atoms with Crippen LogP contribution in [0.1, 0.15) is 17.5 Å². The Bertz CT molecular complexity index is 947. The van der Waals surface area contributed by atoms with Crippen LogP contribution in [0, 0.1) is 11.3 Å². The van der Waals surface area contributed by atoms with Gasteiger partial charge in [0.1, 0.15) is 11.6 Å². The highest BCUT2D eigenvalue weighted by Gasteiger charge is 2.16. The van der Waals surface area contributed by atoms with Crippen LogP contribution in [0.15, 0.2) is 54.1 Å². The predicted molar refractivity (Wildman–Crippen MR) is 105 cm³/mol. The molecule has 0 spiro atoms. The van der Waals surface area contributed by atoms with Crippen molar-refractivity contribution in [2.45, 2.75) is 12.8 Å². The number of carbonyl (C=O) groups is 2. The summed E-state index contributed by atoms with van der Waals surface area (Å²) in [7, 11) is 0. The summed E-state index contributed by atoms with van der Waals surface area (Å²) in [5.41, 5.74) is 1.58. The second-order valence-corrected chi connectivity index (χ2v) is 6.30. The molecule has 0 bridgehead atoms. The van der Waals surface area contributed by atoms with E-state index >= 15 is 0 Å². The Balaban J connectivity index is 1.43. The first-order chi connectivity index (χ1) is 14.2. The molecule has 1 amide bonds. The molecule has 0 aromatic heterocycles. The number of amides is 1. The lowest BCUT2D eigenvalue weighted by atomic mass is 10.1. The molecule has 1 aliphatic rings. The molecule has 1 heterocycles. The zero-order chi connectivity index (χ0) is 20.5. The van der Waals surface area contributed by atoms with Gasteiger partial charge < -0.3 is 19.5 Å². The quantitative estimate of drug-likeness (QED) is 0.321. The topological polar surface area (TPSA) is 97.7 Å². The third-order valence-electron chi connectivity index (χ3n) is 4.19. The minimum Gasteiger partial charge on any atom is -0.454 e. The number of benzene rings is 2. The van der Waals surface area contributed by atoms with Gasteiger partial charge in [0.15, 0.2) is 18.1 Å². The van der Waals surface area contributed by atoms with Crippen molar-refractivity contribution in [3.05, 3.63) is 65.2 Å². The van der Waals surface area contributed by atoms with Crippen LogP contribution in [-0.2, 0) is 20.7 Å².